The fourth-order valence-corrected chi connectivity index (χ4v) is 4.50. The number of nitriles is 1. The minimum Gasteiger partial charge on any atom is -0.457 e. The summed E-state index contributed by atoms with van der Waals surface area (Å²) in [6.07, 6.45) is 1.74. The van der Waals surface area contributed by atoms with Gasteiger partial charge in [-0.15, -0.1) is 11.3 Å². The molecule has 31 heavy (non-hydrogen) atoms. The molecule has 2 heterocycles. The molecule has 0 aliphatic carbocycles. The van der Waals surface area contributed by atoms with Crippen molar-refractivity contribution in [3.05, 3.63) is 99.5 Å². The van der Waals surface area contributed by atoms with Crippen LogP contribution >= 0.6 is 27.3 Å². The van der Waals surface area contributed by atoms with Gasteiger partial charge in [-0.3, -0.25) is 0 Å². The zero-order chi connectivity index (χ0) is 21.2. The van der Waals surface area contributed by atoms with Crippen LogP contribution in [0.1, 0.15) is 10.8 Å². The third-order valence-corrected chi connectivity index (χ3v) is 6.37. The number of rotatable bonds is 4. The van der Waals surface area contributed by atoms with Crippen molar-refractivity contribution in [2.24, 2.45) is 0 Å². The summed E-state index contributed by atoms with van der Waals surface area (Å²) in [7, 11) is 0. The Morgan fingerprint density at radius 2 is 1.77 bits per heavy atom. The van der Waals surface area contributed by atoms with Crippen LogP contribution in [0.4, 0.5) is 0 Å². The maximum Gasteiger partial charge on any atom is 0.134 e. The van der Waals surface area contributed by atoms with E-state index in [0.29, 0.717) is 16.3 Å². The van der Waals surface area contributed by atoms with Crippen LogP contribution in [0.15, 0.2) is 93.1 Å². The van der Waals surface area contributed by atoms with Crippen molar-refractivity contribution in [1.29, 1.82) is 5.26 Å². The van der Waals surface area contributed by atoms with Crippen LogP contribution in [-0.2, 0) is 0 Å². The minimum atomic E-state index is 0.480. The van der Waals surface area contributed by atoms with Crippen molar-refractivity contribution >= 4 is 49.7 Å². The molecule has 0 spiro atoms. The van der Waals surface area contributed by atoms with Crippen molar-refractivity contribution in [3.63, 3.8) is 0 Å². The summed E-state index contributed by atoms with van der Waals surface area (Å²) in [6, 6.07) is 28.4. The molecular weight excluding hydrogens is 468 g/mol. The van der Waals surface area contributed by atoms with Gasteiger partial charge in [0.1, 0.15) is 22.6 Å². The number of nitrogens with zero attached hydrogens (tertiary/aromatic N) is 2. The fourth-order valence-electron chi connectivity index (χ4n) is 3.45. The van der Waals surface area contributed by atoms with Crippen molar-refractivity contribution < 1.29 is 4.42 Å². The molecular formula is C26H15BrN2OS. The summed E-state index contributed by atoms with van der Waals surface area (Å²) in [5.74, 6) is 1.38. The Morgan fingerprint density at radius 1 is 0.968 bits per heavy atom. The Bertz CT molecular complexity index is 1450. The van der Waals surface area contributed by atoms with Gasteiger partial charge in [-0.05, 0) is 35.0 Å². The molecule has 0 fully saturated rings. The van der Waals surface area contributed by atoms with Gasteiger partial charge in [0.2, 0.25) is 0 Å². The first-order valence-electron chi connectivity index (χ1n) is 9.63. The smallest absolute Gasteiger partial charge is 0.134 e. The molecule has 5 rings (SSSR count). The van der Waals surface area contributed by atoms with Crippen LogP contribution in [0, 0.1) is 11.3 Å². The van der Waals surface area contributed by atoms with E-state index in [4.69, 9.17) is 9.40 Å². The van der Waals surface area contributed by atoms with Gasteiger partial charge in [0, 0.05) is 27.1 Å². The highest BCUT2D eigenvalue weighted by atomic mass is 79.9. The van der Waals surface area contributed by atoms with Crippen LogP contribution in [0.25, 0.3) is 45.0 Å². The summed E-state index contributed by atoms with van der Waals surface area (Å²) < 4.78 is 6.96. The quantitative estimate of drug-likeness (QED) is 0.243. The maximum absolute atomic E-state index is 9.75. The van der Waals surface area contributed by atoms with E-state index < -0.39 is 0 Å². The van der Waals surface area contributed by atoms with Crippen molar-refractivity contribution in [2.45, 2.75) is 0 Å². The molecule has 0 amide bonds. The van der Waals surface area contributed by atoms with Crippen LogP contribution in [0.3, 0.4) is 0 Å². The zero-order valence-electron chi connectivity index (χ0n) is 16.2. The minimum absolute atomic E-state index is 0.480. The molecule has 0 aliphatic rings. The molecule has 0 unspecified atom stereocenters. The number of allylic oxidation sites excluding steroid dienone is 1. The van der Waals surface area contributed by atoms with Crippen molar-refractivity contribution in [1.82, 2.24) is 4.98 Å². The Morgan fingerprint density at radius 3 is 2.61 bits per heavy atom. The number of furan rings is 1. The van der Waals surface area contributed by atoms with Crippen LogP contribution in [0.5, 0.6) is 0 Å². The normalized spacial score (nSPS) is 11.5. The van der Waals surface area contributed by atoms with Gasteiger partial charge in [0.15, 0.2) is 0 Å². The molecule has 3 nitrogen and oxygen atoms in total. The van der Waals surface area contributed by atoms with Gasteiger partial charge >= 0.3 is 0 Å². The third kappa shape index (κ3) is 3.96. The number of hydrogen-bond donors (Lipinski definition) is 0. The average Bonchev–Trinajstić information content (AvgIpc) is 3.48. The third-order valence-electron chi connectivity index (χ3n) is 4.96. The summed E-state index contributed by atoms with van der Waals surface area (Å²) in [6.45, 7) is 0. The fraction of sp³-hybridized carbons (Fsp3) is 0. The molecule has 2 aromatic heterocycles. The maximum atomic E-state index is 9.75. The second kappa shape index (κ2) is 8.35. The van der Waals surface area contributed by atoms with E-state index in [-0.39, 0.29) is 0 Å². The highest BCUT2D eigenvalue weighted by Crippen LogP contribution is 2.32. The van der Waals surface area contributed by atoms with E-state index in [1.165, 1.54) is 16.7 Å². The lowest BCUT2D eigenvalue weighted by Crippen LogP contribution is -1.84. The SMILES string of the molecule is N#C/C(=C\c1ccc(-c2ccc(Br)cc2)o1)c1nc(-c2cccc3ccccc23)cs1. The van der Waals surface area contributed by atoms with E-state index in [1.54, 1.807) is 6.08 Å². The number of benzene rings is 3. The molecule has 5 aromatic rings. The van der Waals surface area contributed by atoms with Crippen molar-refractivity contribution in [2.75, 3.05) is 0 Å². The molecule has 148 valence electrons. The summed E-state index contributed by atoms with van der Waals surface area (Å²) in [5, 5.41) is 14.7. The molecule has 0 atom stereocenters. The number of halogens is 1. The topological polar surface area (TPSA) is 49.8 Å². The number of fused-ring (bicyclic) bond motifs is 1. The molecule has 0 aliphatic heterocycles. The van der Waals surface area contributed by atoms with E-state index in [2.05, 4.69) is 46.3 Å². The standard InChI is InChI=1S/C26H15BrN2OS/c27-20-10-8-18(9-11-20)25-13-12-21(30-25)14-19(15-28)26-29-24(16-31-26)23-7-3-5-17-4-1-2-6-22(17)23/h1-14,16H/b19-14+. The summed E-state index contributed by atoms with van der Waals surface area (Å²) >= 11 is 4.90. The number of hydrogen-bond acceptors (Lipinski definition) is 4. The molecule has 0 N–H and O–H groups in total. The van der Waals surface area contributed by atoms with E-state index in [1.807, 2.05) is 60.0 Å². The van der Waals surface area contributed by atoms with Crippen LogP contribution in [0.2, 0.25) is 0 Å². The van der Waals surface area contributed by atoms with Gasteiger partial charge in [0.05, 0.1) is 11.3 Å². The molecule has 3 aromatic carbocycles. The van der Waals surface area contributed by atoms with Gasteiger partial charge in [0.25, 0.3) is 0 Å². The Labute approximate surface area is 192 Å². The Kier molecular flexibility index (Phi) is 5.25. The van der Waals surface area contributed by atoms with E-state index >= 15 is 0 Å². The first-order valence-corrected chi connectivity index (χ1v) is 11.3. The lowest BCUT2D eigenvalue weighted by Gasteiger charge is -2.03. The van der Waals surface area contributed by atoms with Crippen LogP contribution in [-0.4, -0.2) is 4.98 Å². The molecule has 0 bridgehead atoms. The van der Waals surface area contributed by atoms with E-state index in [9.17, 15) is 5.26 Å². The van der Waals surface area contributed by atoms with Gasteiger partial charge in [-0.2, -0.15) is 5.26 Å². The second-order valence-corrected chi connectivity index (χ2v) is 8.72. The van der Waals surface area contributed by atoms with Gasteiger partial charge < -0.3 is 4.42 Å². The highest BCUT2D eigenvalue weighted by molar-refractivity contribution is 9.10. The molecule has 0 radical (unpaired) electrons. The lowest BCUT2D eigenvalue weighted by atomic mass is 10.0. The Balaban J connectivity index is 1.47. The lowest BCUT2D eigenvalue weighted by molar-refractivity contribution is 0.572. The summed E-state index contributed by atoms with van der Waals surface area (Å²) in [4.78, 5) is 4.75. The first-order chi connectivity index (χ1) is 15.2. The average molecular weight is 483 g/mol. The molecule has 0 saturated carbocycles. The van der Waals surface area contributed by atoms with E-state index in [0.717, 1.165) is 32.4 Å². The molecule has 5 heteroatoms. The highest BCUT2D eigenvalue weighted by Gasteiger charge is 2.12. The zero-order valence-corrected chi connectivity index (χ0v) is 18.7. The number of thiazole rings is 1. The first kappa shape index (κ1) is 19.5. The van der Waals surface area contributed by atoms with Gasteiger partial charge in [-0.25, -0.2) is 4.98 Å². The van der Waals surface area contributed by atoms with Crippen molar-refractivity contribution in [3.8, 4) is 28.7 Å². The largest absolute Gasteiger partial charge is 0.457 e. The molecule has 0 saturated heterocycles. The monoisotopic (exact) mass is 482 g/mol. The summed E-state index contributed by atoms with van der Waals surface area (Å²) in [5.41, 5.74) is 3.39. The van der Waals surface area contributed by atoms with Crippen LogP contribution < -0.4 is 0 Å². The Hall–Kier alpha value is -3.46. The van der Waals surface area contributed by atoms with Gasteiger partial charge in [-0.1, -0.05) is 70.5 Å². The predicted octanol–water partition coefficient (Wildman–Crippen LogP) is 8.05. The second-order valence-electron chi connectivity index (χ2n) is 6.94. The number of aromatic nitrogens is 1. The predicted molar refractivity (Wildman–Crippen MR) is 130 cm³/mol.